The molecule has 0 aliphatic carbocycles. The Balaban J connectivity index is 3.96. The van der Waals surface area contributed by atoms with Gasteiger partial charge < -0.3 is 0 Å². The number of hydrogen-bond donors (Lipinski definition) is 0. The smallest absolute Gasteiger partial charge is 0.114 e. The minimum absolute atomic E-state index is 0.112. The molecule has 0 aliphatic heterocycles. The Morgan fingerprint density at radius 1 is 1.80 bits per heavy atom. The summed E-state index contributed by atoms with van der Waals surface area (Å²) < 4.78 is 0. The van der Waals surface area contributed by atoms with Gasteiger partial charge in [-0.1, -0.05) is 6.92 Å². The first kappa shape index (κ1) is 9.45. The standard InChI is InChI=1S/C7H11ClN2/c1-3-7(4-8)10-6(2)5-9/h7H,3-4H2,1-2H3/b10-6+. The minimum Gasteiger partial charge on any atom is -0.274 e. The van der Waals surface area contributed by atoms with Crippen molar-refractivity contribution in [2.75, 3.05) is 5.88 Å². The molecule has 10 heavy (non-hydrogen) atoms. The third-order valence-corrected chi connectivity index (χ3v) is 1.54. The van der Waals surface area contributed by atoms with Crippen LogP contribution in [0.5, 0.6) is 0 Å². The SMILES string of the molecule is CCC(CCl)/N=C(\C)C#N. The number of hydrogen-bond acceptors (Lipinski definition) is 2. The van der Waals surface area contributed by atoms with Crippen molar-refractivity contribution in [2.45, 2.75) is 26.3 Å². The molecule has 2 nitrogen and oxygen atoms in total. The van der Waals surface area contributed by atoms with Crippen LogP contribution >= 0.6 is 11.6 Å². The van der Waals surface area contributed by atoms with Gasteiger partial charge in [-0.2, -0.15) is 5.26 Å². The first-order chi connectivity index (χ1) is 4.74. The number of nitriles is 1. The highest BCUT2D eigenvalue weighted by Gasteiger charge is 2.00. The van der Waals surface area contributed by atoms with E-state index in [-0.39, 0.29) is 6.04 Å². The summed E-state index contributed by atoms with van der Waals surface area (Å²) in [4.78, 5) is 4.06. The largest absolute Gasteiger partial charge is 0.274 e. The molecule has 0 saturated carbocycles. The summed E-state index contributed by atoms with van der Waals surface area (Å²) in [6.07, 6.45) is 0.891. The quantitative estimate of drug-likeness (QED) is 0.457. The van der Waals surface area contributed by atoms with E-state index in [4.69, 9.17) is 16.9 Å². The molecule has 0 spiro atoms. The molecule has 0 bridgehead atoms. The van der Waals surface area contributed by atoms with Crippen LogP contribution in [-0.4, -0.2) is 17.6 Å². The van der Waals surface area contributed by atoms with Crippen molar-refractivity contribution in [3.63, 3.8) is 0 Å². The number of halogens is 1. The van der Waals surface area contributed by atoms with Gasteiger partial charge in [-0.05, 0) is 13.3 Å². The molecule has 1 unspecified atom stereocenters. The number of alkyl halides is 1. The van der Waals surface area contributed by atoms with Gasteiger partial charge in [0, 0.05) is 5.88 Å². The van der Waals surface area contributed by atoms with Gasteiger partial charge in [-0.15, -0.1) is 11.6 Å². The van der Waals surface area contributed by atoms with Gasteiger partial charge in [0.2, 0.25) is 0 Å². The van der Waals surface area contributed by atoms with E-state index >= 15 is 0 Å². The maximum absolute atomic E-state index is 8.35. The Hall–Kier alpha value is -0.550. The third-order valence-electron chi connectivity index (χ3n) is 1.19. The fraction of sp³-hybridized carbons (Fsp3) is 0.714. The maximum Gasteiger partial charge on any atom is 0.114 e. The molecule has 0 radical (unpaired) electrons. The fourth-order valence-electron chi connectivity index (χ4n) is 0.538. The lowest BCUT2D eigenvalue weighted by atomic mass is 10.3. The van der Waals surface area contributed by atoms with Crippen LogP contribution in [0.4, 0.5) is 0 Å². The van der Waals surface area contributed by atoms with Gasteiger partial charge in [0.1, 0.15) is 11.8 Å². The molecule has 0 aliphatic rings. The zero-order chi connectivity index (χ0) is 7.98. The lowest BCUT2D eigenvalue weighted by Gasteiger charge is -2.02. The molecule has 1 atom stereocenters. The fourth-order valence-corrected chi connectivity index (χ4v) is 0.825. The second-order valence-corrected chi connectivity index (χ2v) is 2.35. The van der Waals surface area contributed by atoms with E-state index < -0.39 is 0 Å². The Kier molecular flexibility index (Phi) is 4.96. The van der Waals surface area contributed by atoms with Crippen molar-refractivity contribution in [3.05, 3.63) is 0 Å². The van der Waals surface area contributed by atoms with Gasteiger partial charge in [-0.25, -0.2) is 0 Å². The maximum atomic E-state index is 8.35. The number of aliphatic imine (C=N–C) groups is 1. The van der Waals surface area contributed by atoms with Crippen molar-refractivity contribution in [3.8, 4) is 6.07 Å². The summed E-state index contributed by atoms with van der Waals surface area (Å²) in [5.74, 6) is 0.496. The summed E-state index contributed by atoms with van der Waals surface area (Å²) in [5.41, 5.74) is 0.507. The minimum atomic E-state index is 0.112. The lowest BCUT2D eigenvalue weighted by molar-refractivity contribution is 0.724. The van der Waals surface area contributed by atoms with Crippen LogP contribution in [-0.2, 0) is 0 Å². The average Bonchev–Trinajstić information content (AvgIpc) is 1.99. The molecule has 56 valence electrons. The molecule has 0 aromatic heterocycles. The van der Waals surface area contributed by atoms with E-state index in [1.807, 2.05) is 13.0 Å². The first-order valence-electron chi connectivity index (χ1n) is 3.25. The predicted octanol–water partition coefficient (Wildman–Crippen LogP) is 1.99. The van der Waals surface area contributed by atoms with Gasteiger partial charge in [0.05, 0.1) is 6.04 Å². The van der Waals surface area contributed by atoms with Crippen LogP contribution in [0.1, 0.15) is 20.3 Å². The second-order valence-electron chi connectivity index (χ2n) is 2.04. The molecule has 0 N–H and O–H groups in total. The van der Waals surface area contributed by atoms with Gasteiger partial charge >= 0.3 is 0 Å². The van der Waals surface area contributed by atoms with Gasteiger partial charge in [0.25, 0.3) is 0 Å². The summed E-state index contributed by atoms with van der Waals surface area (Å²) in [6, 6.07) is 2.07. The van der Waals surface area contributed by atoms with Crippen LogP contribution in [0, 0.1) is 11.3 Å². The van der Waals surface area contributed by atoms with Crippen LogP contribution in [0.25, 0.3) is 0 Å². The Morgan fingerprint density at radius 3 is 2.70 bits per heavy atom. The summed E-state index contributed by atoms with van der Waals surface area (Å²) in [5, 5.41) is 8.35. The van der Waals surface area contributed by atoms with Crippen LogP contribution in [0.3, 0.4) is 0 Å². The van der Waals surface area contributed by atoms with Crippen LogP contribution in [0.2, 0.25) is 0 Å². The Labute approximate surface area is 66.5 Å². The third kappa shape index (κ3) is 3.47. The molecule has 0 fully saturated rings. The molecular formula is C7H11ClN2. The Bertz CT molecular complexity index is 153. The summed E-state index contributed by atoms with van der Waals surface area (Å²) in [6.45, 7) is 3.69. The van der Waals surface area contributed by atoms with E-state index in [0.29, 0.717) is 11.6 Å². The van der Waals surface area contributed by atoms with Gasteiger partial charge in [-0.3, -0.25) is 4.99 Å². The molecule has 0 amide bonds. The monoisotopic (exact) mass is 158 g/mol. The first-order valence-corrected chi connectivity index (χ1v) is 3.78. The summed E-state index contributed by atoms with van der Waals surface area (Å²) >= 11 is 5.55. The van der Waals surface area contributed by atoms with E-state index in [1.165, 1.54) is 0 Å². The number of nitrogens with zero attached hydrogens (tertiary/aromatic N) is 2. The van der Waals surface area contributed by atoms with Crippen molar-refractivity contribution in [2.24, 2.45) is 4.99 Å². The molecule has 0 aromatic rings. The van der Waals surface area contributed by atoms with Crippen LogP contribution in [0.15, 0.2) is 4.99 Å². The zero-order valence-corrected chi connectivity index (χ0v) is 7.02. The van der Waals surface area contributed by atoms with E-state index in [0.717, 1.165) is 6.42 Å². The zero-order valence-electron chi connectivity index (χ0n) is 6.26. The van der Waals surface area contributed by atoms with Gasteiger partial charge in [0.15, 0.2) is 0 Å². The highest BCUT2D eigenvalue weighted by molar-refractivity contribution is 6.18. The van der Waals surface area contributed by atoms with E-state index in [1.54, 1.807) is 6.92 Å². The molecular weight excluding hydrogens is 148 g/mol. The summed E-state index contributed by atoms with van der Waals surface area (Å²) in [7, 11) is 0. The second kappa shape index (κ2) is 5.25. The van der Waals surface area contributed by atoms with Crippen molar-refractivity contribution in [1.82, 2.24) is 0 Å². The van der Waals surface area contributed by atoms with Crippen LogP contribution < -0.4 is 0 Å². The number of rotatable bonds is 3. The Morgan fingerprint density at radius 2 is 2.40 bits per heavy atom. The predicted molar refractivity (Wildman–Crippen MR) is 43.5 cm³/mol. The van der Waals surface area contributed by atoms with E-state index in [9.17, 15) is 0 Å². The molecule has 3 heteroatoms. The molecule has 0 saturated heterocycles. The molecule has 0 heterocycles. The van der Waals surface area contributed by atoms with Crippen molar-refractivity contribution >= 4 is 17.3 Å². The molecule has 0 aromatic carbocycles. The topological polar surface area (TPSA) is 36.1 Å². The van der Waals surface area contributed by atoms with Crippen molar-refractivity contribution in [1.29, 1.82) is 5.26 Å². The lowest BCUT2D eigenvalue weighted by Crippen LogP contribution is -2.06. The van der Waals surface area contributed by atoms with Crippen molar-refractivity contribution < 1.29 is 0 Å². The highest BCUT2D eigenvalue weighted by atomic mass is 35.5. The average molecular weight is 159 g/mol. The normalized spacial score (nSPS) is 14.4. The molecule has 0 rings (SSSR count). The van der Waals surface area contributed by atoms with E-state index in [2.05, 4.69) is 4.99 Å². The highest BCUT2D eigenvalue weighted by Crippen LogP contribution is 1.99.